The van der Waals surface area contributed by atoms with Crippen LogP contribution in [0.5, 0.6) is 11.5 Å². The predicted molar refractivity (Wildman–Crippen MR) is 284 cm³/mol. The largest absolute Gasteiger partial charge is 0.508 e. The van der Waals surface area contributed by atoms with E-state index in [0.717, 1.165) is 38.4 Å². The number of pyridine rings is 1. The number of amides is 3. The first-order chi connectivity index (χ1) is 35.1. The molecule has 8 aromatic rings. The number of phenolic OH excluding ortho intramolecular Hbond substituents is 2. The average molecular weight is 979 g/mol. The number of aryl methyl sites for hydroxylation is 1. The number of rotatable bonds is 17. The number of fused-ring (bicyclic) bond motifs is 2. The Morgan fingerprint density at radius 1 is 0.438 bits per heavy atom. The first-order valence-electron chi connectivity index (χ1n) is 23.8. The molecule has 0 aliphatic carbocycles. The van der Waals surface area contributed by atoms with Crippen LogP contribution in [0.3, 0.4) is 0 Å². The Labute approximate surface area is 423 Å². The number of hydrogen-bond acceptors (Lipinski definition) is 9. The summed E-state index contributed by atoms with van der Waals surface area (Å²) in [5.41, 5.74) is 5.21. The van der Waals surface area contributed by atoms with Gasteiger partial charge < -0.3 is 31.1 Å². The predicted octanol–water partition coefficient (Wildman–Crippen LogP) is 8.58. The van der Waals surface area contributed by atoms with Gasteiger partial charge in [-0.25, -0.2) is 0 Å². The van der Waals surface area contributed by atoms with Crippen molar-refractivity contribution in [2.24, 2.45) is 0 Å². The molecule has 3 unspecified atom stereocenters. The highest BCUT2D eigenvalue weighted by molar-refractivity contribution is 6.01. The Morgan fingerprint density at radius 2 is 0.849 bits per heavy atom. The van der Waals surface area contributed by atoms with E-state index in [1.807, 2.05) is 91.0 Å². The molecule has 0 aliphatic rings. The molecule has 0 radical (unpaired) electrons. The van der Waals surface area contributed by atoms with Crippen molar-refractivity contribution in [3.63, 3.8) is 0 Å². The van der Waals surface area contributed by atoms with Gasteiger partial charge in [0, 0.05) is 29.1 Å². The molecule has 7 aromatic carbocycles. The van der Waals surface area contributed by atoms with Crippen LogP contribution >= 0.6 is 0 Å². The van der Waals surface area contributed by atoms with Crippen molar-refractivity contribution in [3.05, 3.63) is 226 Å². The second kappa shape index (κ2) is 26.3. The standard InChI is InChI=1S/C21H19NO3.C20H18N2O3.C19H21NO3/c1-14(23)20(11-15-5-3-2-4-6-15)22-21(25)18-8-7-17-13-19(24)10-9-16(17)12-18;1-13(23)17(11-14-5-3-2-4-6-14)22-20(25)16-8-7-15-9-10-19(24)21-18(15)12-16;1-14(21)18(13-16-5-3-2-4-6-16)20-19(23)12-9-15-7-10-17(22)11-8-15/h2-10,12-13,20,24H,11H2,1H3,(H,22,25);2-10,12,17H,11H2,1H3,(H,21,24)(H,22,25);2-8,10-11,18,22H,9,12-13H2,1H3,(H,20,23). The van der Waals surface area contributed by atoms with Gasteiger partial charge in [0.25, 0.3) is 11.8 Å². The number of aromatic nitrogens is 1. The fourth-order valence-corrected chi connectivity index (χ4v) is 7.77. The number of Topliss-reactive ketones (excluding diaryl/α,β-unsaturated/α-hetero) is 3. The van der Waals surface area contributed by atoms with E-state index in [1.54, 1.807) is 84.9 Å². The van der Waals surface area contributed by atoms with E-state index in [9.17, 15) is 43.8 Å². The Morgan fingerprint density at radius 3 is 1.34 bits per heavy atom. The van der Waals surface area contributed by atoms with Crippen LogP contribution in [0.4, 0.5) is 0 Å². The van der Waals surface area contributed by atoms with Crippen LogP contribution in [0.2, 0.25) is 0 Å². The molecule has 1 heterocycles. The van der Waals surface area contributed by atoms with Crippen molar-refractivity contribution in [2.45, 2.75) is 71.0 Å². The van der Waals surface area contributed by atoms with Crippen molar-refractivity contribution >= 4 is 56.7 Å². The Hall–Kier alpha value is -8.97. The average Bonchev–Trinajstić information content (AvgIpc) is 3.38. The lowest BCUT2D eigenvalue weighted by atomic mass is 10.0. The number of carbonyl (C=O) groups excluding carboxylic acids is 6. The highest BCUT2D eigenvalue weighted by Crippen LogP contribution is 2.22. The van der Waals surface area contributed by atoms with Gasteiger partial charge in [-0.1, -0.05) is 121 Å². The molecule has 0 bridgehead atoms. The fourth-order valence-electron chi connectivity index (χ4n) is 7.77. The Bertz CT molecular complexity index is 3230. The number of benzene rings is 7. The third kappa shape index (κ3) is 16.9. The lowest BCUT2D eigenvalue weighted by molar-refractivity contribution is -0.126. The van der Waals surface area contributed by atoms with Gasteiger partial charge in [-0.05, 0) is 139 Å². The summed E-state index contributed by atoms with van der Waals surface area (Å²) >= 11 is 0. The minimum Gasteiger partial charge on any atom is -0.508 e. The molecule has 0 saturated carbocycles. The van der Waals surface area contributed by atoms with Crippen LogP contribution in [0.1, 0.15) is 70.2 Å². The third-order valence-electron chi connectivity index (χ3n) is 11.9. The van der Waals surface area contributed by atoms with Gasteiger partial charge >= 0.3 is 0 Å². The second-order valence-corrected chi connectivity index (χ2v) is 17.6. The van der Waals surface area contributed by atoms with Gasteiger partial charge in [0.05, 0.1) is 18.1 Å². The molecular formula is C60H58N4O9. The molecule has 13 heteroatoms. The van der Waals surface area contributed by atoms with Gasteiger partial charge in [0.1, 0.15) is 11.5 Å². The number of carbonyl (C=O) groups is 6. The summed E-state index contributed by atoms with van der Waals surface area (Å²) < 4.78 is 0. The highest BCUT2D eigenvalue weighted by Gasteiger charge is 2.21. The number of aromatic amines is 1. The molecule has 372 valence electrons. The first-order valence-corrected chi connectivity index (χ1v) is 23.8. The maximum atomic E-state index is 12.5. The van der Waals surface area contributed by atoms with E-state index in [1.165, 1.54) is 26.8 Å². The molecule has 13 nitrogen and oxygen atoms in total. The van der Waals surface area contributed by atoms with Gasteiger partial charge in [0.15, 0.2) is 17.3 Å². The summed E-state index contributed by atoms with van der Waals surface area (Å²) in [5, 5.41) is 29.7. The van der Waals surface area contributed by atoms with Crippen molar-refractivity contribution in [2.75, 3.05) is 0 Å². The zero-order valence-corrected chi connectivity index (χ0v) is 40.8. The topological polar surface area (TPSA) is 212 Å². The fraction of sp³-hybridized carbons (Fsp3) is 0.183. The van der Waals surface area contributed by atoms with Crippen LogP contribution in [-0.4, -0.2) is 68.4 Å². The molecule has 8 rings (SSSR count). The summed E-state index contributed by atoms with van der Waals surface area (Å²) in [6.45, 7) is 4.44. The maximum absolute atomic E-state index is 12.5. The summed E-state index contributed by atoms with van der Waals surface area (Å²) in [7, 11) is 0. The van der Waals surface area contributed by atoms with E-state index in [0.29, 0.717) is 48.7 Å². The number of hydrogen-bond donors (Lipinski definition) is 6. The molecular weight excluding hydrogens is 921 g/mol. The second-order valence-electron chi connectivity index (χ2n) is 17.6. The zero-order chi connectivity index (χ0) is 52.3. The van der Waals surface area contributed by atoms with Gasteiger partial charge in [0.2, 0.25) is 11.5 Å². The van der Waals surface area contributed by atoms with Gasteiger partial charge in [-0.15, -0.1) is 0 Å². The lowest BCUT2D eigenvalue weighted by Gasteiger charge is -2.16. The van der Waals surface area contributed by atoms with Crippen LogP contribution in [0.15, 0.2) is 187 Å². The van der Waals surface area contributed by atoms with Crippen molar-refractivity contribution in [1.29, 1.82) is 0 Å². The van der Waals surface area contributed by atoms with E-state index >= 15 is 0 Å². The third-order valence-corrected chi connectivity index (χ3v) is 11.9. The SMILES string of the molecule is CC(=O)C(Cc1ccccc1)NC(=O)CCc1ccc(O)cc1.CC(=O)C(Cc1ccccc1)NC(=O)c1ccc2cc(O)ccc2c1.CC(=O)C(Cc1ccccc1)NC(=O)c1ccc2ccc(=O)[nH]c2c1. The number of H-pyrrole nitrogens is 1. The van der Waals surface area contributed by atoms with E-state index < -0.39 is 18.1 Å². The van der Waals surface area contributed by atoms with Crippen LogP contribution in [0.25, 0.3) is 21.7 Å². The normalized spacial score (nSPS) is 11.8. The summed E-state index contributed by atoms with van der Waals surface area (Å²) in [4.78, 5) is 86.9. The van der Waals surface area contributed by atoms with E-state index in [4.69, 9.17) is 0 Å². The number of aromatic hydroxyl groups is 2. The smallest absolute Gasteiger partial charge is 0.251 e. The van der Waals surface area contributed by atoms with Crippen LogP contribution in [0, 0.1) is 0 Å². The summed E-state index contributed by atoms with van der Waals surface area (Å²) in [6, 6.07) is 52.3. The minimum absolute atomic E-state index is 0.0492. The summed E-state index contributed by atoms with van der Waals surface area (Å²) in [6.07, 6.45) is 2.28. The van der Waals surface area contributed by atoms with Crippen molar-refractivity contribution < 1.29 is 39.0 Å². The number of ketones is 3. The first kappa shape index (κ1) is 53.4. The molecule has 73 heavy (non-hydrogen) atoms. The maximum Gasteiger partial charge on any atom is 0.251 e. The molecule has 0 fully saturated rings. The summed E-state index contributed by atoms with van der Waals surface area (Å²) in [5.74, 6) is -0.619. The molecule has 3 atom stereocenters. The molecule has 0 saturated heterocycles. The number of nitrogens with one attached hydrogen (secondary N) is 4. The molecule has 0 spiro atoms. The lowest BCUT2D eigenvalue weighted by Crippen LogP contribution is -2.41. The Balaban J connectivity index is 0.000000179. The number of phenols is 2. The highest BCUT2D eigenvalue weighted by atomic mass is 16.3. The molecule has 3 amide bonds. The van der Waals surface area contributed by atoms with Gasteiger partial charge in [-0.2, -0.15) is 0 Å². The Kier molecular flexibility index (Phi) is 19.2. The van der Waals surface area contributed by atoms with Gasteiger partial charge in [-0.3, -0.25) is 33.6 Å². The molecule has 0 aliphatic heterocycles. The molecule has 1 aromatic heterocycles. The van der Waals surface area contributed by atoms with E-state index in [-0.39, 0.29) is 52.1 Å². The van der Waals surface area contributed by atoms with Crippen molar-refractivity contribution in [3.8, 4) is 11.5 Å². The monoisotopic (exact) mass is 978 g/mol. The van der Waals surface area contributed by atoms with Crippen molar-refractivity contribution in [1.82, 2.24) is 20.9 Å². The zero-order valence-electron chi connectivity index (χ0n) is 40.8. The van der Waals surface area contributed by atoms with Crippen LogP contribution in [-0.2, 0) is 44.9 Å². The quantitative estimate of drug-likeness (QED) is 0.0515. The molecule has 6 N–H and O–H groups in total. The van der Waals surface area contributed by atoms with Crippen LogP contribution < -0.4 is 21.5 Å². The van der Waals surface area contributed by atoms with E-state index in [2.05, 4.69) is 20.9 Å². The minimum atomic E-state index is -0.597.